The second kappa shape index (κ2) is 5.70. The molecule has 1 aromatic rings. The van der Waals surface area contributed by atoms with Crippen molar-refractivity contribution in [3.05, 3.63) is 30.1 Å². The maximum Gasteiger partial charge on any atom is 0.0827 e. The molecular weight excluding hydrogens is 160 g/mol. The summed E-state index contributed by atoms with van der Waals surface area (Å²) >= 11 is 0. The molecular formula is C11H19N2+. The molecule has 13 heavy (non-hydrogen) atoms. The first-order valence-electron chi connectivity index (χ1n) is 5.10. The first kappa shape index (κ1) is 10.2. The molecule has 2 heteroatoms. The fraction of sp³-hybridized carbons (Fsp3) is 0.545. The van der Waals surface area contributed by atoms with Crippen molar-refractivity contribution in [2.24, 2.45) is 0 Å². The molecule has 1 rings (SSSR count). The van der Waals surface area contributed by atoms with Crippen LogP contribution in [0.25, 0.3) is 0 Å². The third-order valence-corrected chi connectivity index (χ3v) is 2.46. The summed E-state index contributed by atoms with van der Waals surface area (Å²) in [5.41, 5.74) is 1.21. The Morgan fingerprint density at radius 3 is 2.54 bits per heavy atom. The van der Waals surface area contributed by atoms with Gasteiger partial charge in [0, 0.05) is 18.3 Å². The molecule has 0 saturated heterocycles. The van der Waals surface area contributed by atoms with E-state index in [4.69, 9.17) is 0 Å². The molecule has 72 valence electrons. The predicted octanol–water partition coefficient (Wildman–Crippen LogP) is 0.549. The third-order valence-electron chi connectivity index (χ3n) is 2.46. The fourth-order valence-electron chi connectivity index (χ4n) is 1.45. The van der Waals surface area contributed by atoms with Crippen molar-refractivity contribution in [3.63, 3.8) is 0 Å². The summed E-state index contributed by atoms with van der Waals surface area (Å²) in [6.45, 7) is 8.09. The van der Waals surface area contributed by atoms with Gasteiger partial charge in [0.05, 0.1) is 19.6 Å². The molecule has 1 N–H and O–H groups in total. The average molecular weight is 179 g/mol. The van der Waals surface area contributed by atoms with Crippen LogP contribution in [-0.2, 0) is 6.42 Å². The topological polar surface area (TPSA) is 17.3 Å². The van der Waals surface area contributed by atoms with Gasteiger partial charge in [0.2, 0.25) is 0 Å². The Hall–Kier alpha value is -0.890. The van der Waals surface area contributed by atoms with Crippen molar-refractivity contribution in [3.8, 4) is 0 Å². The Kier molecular flexibility index (Phi) is 4.47. The predicted molar refractivity (Wildman–Crippen MR) is 54.9 cm³/mol. The highest BCUT2D eigenvalue weighted by molar-refractivity contribution is 5.03. The van der Waals surface area contributed by atoms with E-state index in [0.717, 1.165) is 6.42 Å². The van der Waals surface area contributed by atoms with Crippen molar-refractivity contribution in [1.82, 2.24) is 4.98 Å². The van der Waals surface area contributed by atoms with E-state index in [-0.39, 0.29) is 0 Å². The van der Waals surface area contributed by atoms with Gasteiger partial charge in [0.25, 0.3) is 0 Å². The number of pyridine rings is 1. The van der Waals surface area contributed by atoms with Crippen molar-refractivity contribution in [1.29, 1.82) is 0 Å². The maximum atomic E-state index is 4.31. The number of aromatic nitrogens is 1. The second-order valence-electron chi connectivity index (χ2n) is 3.28. The van der Waals surface area contributed by atoms with Gasteiger partial charge in [-0.25, -0.2) is 0 Å². The summed E-state index contributed by atoms with van der Waals surface area (Å²) in [4.78, 5) is 5.95. The minimum absolute atomic E-state index is 1.10. The zero-order valence-corrected chi connectivity index (χ0v) is 8.59. The van der Waals surface area contributed by atoms with E-state index in [1.54, 1.807) is 4.90 Å². The van der Waals surface area contributed by atoms with Crippen LogP contribution in [0, 0.1) is 0 Å². The van der Waals surface area contributed by atoms with Crippen LogP contribution in [0.3, 0.4) is 0 Å². The van der Waals surface area contributed by atoms with Gasteiger partial charge >= 0.3 is 0 Å². The number of likely N-dealkylation sites (N-methyl/N-ethyl adjacent to an activating group) is 1. The van der Waals surface area contributed by atoms with Gasteiger partial charge in [-0.15, -0.1) is 0 Å². The van der Waals surface area contributed by atoms with Crippen LogP contribution in [0.15, 0.2) is 24.4 Å². The van der Waals surface area contributed by atoms with Crippen LogP contribution in [-0.4, -0.2) is 24.6 Å². The molecule has 0 bridgehead atoms. The highest BCUT2D eigenvalue weighted by Gasteiger charge is 2.02. The van der Waals surface area contributed by atoms with Crippen molar-refractivity contribution in [2.75, 3.05) is 19.6 Å². The van der Waals surface area contributed by atoms with E-state index in [1.165, 1.54) is 25.3 Å². The van der Waals surface area contributed by atoms with Gasteiger partial charge in [0.1, 0.15) is 0 Å². The normalized spacial score (nSPS) is 10.7. The summed E-state index contributed by atoms with van der Waals surface area (Å²) < 4.78 is 0. The van der Waals surface area contributed by atoms with Crippen LogP contribution in [0.5, 0.6) is 0 Å². The molecule has 2 nitrogen and oxygen atoms in total. The number of rotatable bonds is 5. The number of quaternary nitrogens is 1. The lowest BCUT2D eigenvalue weighted by molar-refractivity contribution is -0.896. The van der Waals surface area contributed by atoms with Crippen LogP contribution in [0.1, 0.15) is 19.5 Å². The number of nitrogens with one attached hydrogen (secondary N) is 1. The first-order valence-corrected chi connectivity index (χ1v) is 5.10. The number of hydrogen-bond donors (Lipinski definition) is 1. The zero-order chi connectivity index (χ0) is 9.52. The van der Waals surface area contributed by atoms with E-state index in [0.29, 0.717) is 0 Å². The highest BCUT2D eigenvalue weighted by atomic mass is 15.1. The molecule has 0 aromatic carbocycles. The molecule has 0 amide bonds. The van der Waals surface area contributed by atoms with E-state index in [9.17, 15) is 0 Å². The van der Waals surface area contributed by atoms with Crippen LogP contribution in [0.4, 0.5) is 0 Å². The minimum Gasteiger partial charge on any atom is -0.335 e. The molecule has 0 spiro atoms. The summed E-state index contributed by atoms with van der Waals surface area (Å²) in [6, 6.07) is 6.12. The number of hydrogen-bond acceptors (Lipinski definition) is 1. The van der Waals surface area contributed by atoms with Gasteiger partial charge < -0.3 is 4.90 Å². The van der Waals surface area contributed by atoms with Gasteiger partial charge in [-0.1, -0.05) is 6.07 Å². The largest absolute Gasteiger partial charge is 0.335 e. The third kappa shape index (κ3) is 3.55. The fourth-order valence-corrected chi connectivity index (χ4v) is 1.45. The molecule has 1 heterocycles. The Bertz CT molecular complexity index is 217. The Morgan fingerprint density at radius 2 is 2.00 bits per heavy atom. The quantitative estimate of drug-likeness (QED) is 0.698. The lowest BCUT2D eigenvalue weighted by Gasteiger charge is -2.14. The first-order chi connectivity index (χ1) is 6.36. The standard InChI is InChI=1S/C11H18N2/c1-3-13(4-2)10-8-11-7-5-6-9-12-11/h5-7,9H,3-4,8,10H2,1-2H3/p+1. The summed E-state index contributed by atoms with van der Waals surface area (Å²) in [6.07, 6.45) is 2.96. The minimum atomic E-state index is 1.10. The SMILES string of the molecule is CC[NH+](CC)CCc1ccccn1. The second-order valence-corrected chi connectivity index (χ2v) is 3.28. The van der Waals surface area contributed by atoms with E-state index < -0.39 is 0 Å². The Labute approximate surface area is 80.6 Å². The molecule has 1 aromatic heterocycles. The highest BCUT2D eigenvalue weighted by Crippen LogP contribution is 1.91. The van der Waals surface area contributed by atoms with Crippen molar-refractivity contribution < 1.29 is 4.90 Å². The van der Waals surface area contributed by atoms with Gasteiger partial charge in [-0.2, -0.15) is 0 Å². The monoisotopic (exact) mass is 179 g/mol. The molecule has 0 aliphatic rings. The van der Waals surface area contributed by atoms with Crippen molar-refractivity contribution >= 4 is 0 Å². The van der Waals surface area contributed by atoms with Crippen LogP contribution >= 0.6 is 0 Å². The zero-order valence-electron chi connectivity index (χ0n) is 8.59. The summed E-state index contributed by atoms with van der Waals surface area (Å²) in [5, 5.41) is 0. The Morgan fingerprint density at radius 1 is 1.23 bits per heavy atom. The molecule has 0 unspecified atom stereocenters. The smallest absolute Gasteiger partial charge is 0.0827 e. The van der Waals surface area contributed by atoms with Crippen molar-refractivity contribution in [2.45, 2.75) is 20.3 Å². The summed E-state index contributed by atoms with van der Waals surface area (Å²) in [7, 11) is 0. The van der Waals surface area contributed by atoms with E-state index in [1.807, 2.05) is 12.3 Å². The van der Waals surface area contributed by atoms with Gasteiger partial charge in [-0.05, 0) is 26.0 Å². The Balaban J connectivity index is 2.34. The van der Waals surface area contributed by atoms with E-state index >= 15 is 0 Å². The maximum absolute atomic E-state index is 4.31. The molecule has 0 aliphatic heterocycles. The number of nitrogens with zero attached hydrogens (tertiary/aromatic N) is 1. The van der Waals surface area contributed by atoms with E-state index in [2.05, 4.69) is 31.0 Å². The molecule has 0 radical (unpaired) electrons. The lowest BCUT2D eigenvalue weighted by atomic mass is 10.2. The molecule has 0 atom stereocenters. The summed E-state index contributed by atoms with van der Waals surface area (Å²) in [5.74, 6) is 0. The molecule has 0 saturated carbocycles. The van der Waals surface area contributed by atoms with Gasteiger partial charge in [-0.3, -0.25) is 4.98 Å². The lowest BCUT2D eigenvalue weighted by Crippen LogP contribution is -3.11. The molecule has 0 fully saturated rings. The van der Waals surface area contributed by atoms with Gasteiger partial charge in [0.15, 0.2) is 0 Å². The molecule has 0 aliphatic carbocycles. The average Bonchev–Trinajstić information content (AvgIpc) is 2.21. The van der Waals surface area contributed by atoms with Crippen LogP contribution in [0.2, 0.25) is 0 Å². The van der Waals surface area contributed by atoms with Crippen LogP contribution < -0.4 is 4.90 Å².